The number of carbonyl (C=O) groups is 2. The van der Waals surface area contributed by atoms with Gasteiger partial charge in [-0.3, -0.25) is 14.6 Å². The second kappa shape index (κ2) is 16.2. The fourth-order valence-electron chi connectivity index (χ4n) is 7.14. The quantitative estimate of drug-likeness (QED) is 0.262. The lowest BCUT2D eigenvalue weighted by atomic mass is 10.0. The van der Waals surface area contributed by atoms with Crippen molar-refractivity contribution in [2.75, 3.05) is 39.3 Å². The maximum absolute atomic E-state index is 14.3. The first-order chi connectivity index (χ1) is 23.4. The van der Waals surface area contributed by atoms with Crippen LogP contribution in [0.3, 0.4) is 0 Å². The largest absolute Gasteiger partial charge is 0.455 e. The zero-order chi connectivity index (χ0) is 33.5. The molecule has 11 heteroatoms. The maximum Gasteiger partial charge on any atom is 0.288 e. The number of amides is 2. The van der Waals surface area contributed by atoms with Crippen molar-refractivity contribution in [3.8, 4) is 0 Å². The number of pyridine rings is 1. The molecule has 5 heterocycles. The number of hydrogen-bond acceptors (Lipinski definition) is 9. The summed E-state index contributed by atoms with van der Waals surface area (Å²) in [5, 5.41) is 7.77. The summed E-state index contributed by atoms with van der Waals surface area (Å²) in [5.41, 5.74) is 1.08. The van der Waals surface area contributed by atoms with Gasteiger partial charge in [-0.1, -0.05) is 57.0 Å². The Kier molecular flexibility index (Phi) is 11.6. The number of thiophene rings is 1. The van der Waals surface area contributed by atoms with Gasteiger partial charge in [0.25, 0.3) is 6.02 Å². The summed E-state index contributed by atoms with van der Waals surface area (Å²) in [4.78, 5) is 44.9. The minimum absolute atomic E-state index is 0.000724. The van der Waals surface area contributed by atoms with Crippen LogP contribution in [-0.4, -0.2) is 101 Å². The van der Waals surface area contributed by atoms with E-state index >= 15 is 0 Å². The van der Waals surface area contributed by atoms with E-state index < -0.39 is 6.04 Å². The van der Waals surface area contributed by atoms with E-state index in [9.17, 15) is 9.59 Å². The number of hydrogen-bond donors (Lipinski definition) is 2. The van der Waals surface area contributed by atoms with Crippen molar-refractivity contribution >= 4 is 39.3 Å². The topological polar surface area (TPSA) is 102 Å². The molecule has 1 aromatic carbocycles. The van der Waals surface area contributed by atoms with Gasteiger partial charge in [-0.2, -0.15) is 0 Å². The molecule has 0 saturated carbocycles. The predicted octanol–water partition coefficient (Wildman–Crippen LogP) is 4.96. The van der Waals surface area contributed by atoms with Crippen LogP contribution < -0.4 is 10.6 Å². The minimum atomic E-state index is -0.676. The van der Waals surface area contributed by atoms with Crippen molar-refractivity contribution in [3.05, 3.63) is 65.3 Å². The highest BCUT2D eigenvalue weighted by Gasteiger charge is 2.41. The van der Waals surface area contributed by atoms with Crippen molar-refractivity contribution in [3.63, 3.8) is 0 Å². The molecule has 2 aromatic heterocycles. The molecule has 258 valence electrons. The lowest BCUT2D eigenvalue weighted by Crippen LogP contribution is -2.64. The van der Waals surface area contributed by atoms with Crippen LogP contribution in [0.5, 0.6) is 0 Å². The van der Waals surface area contributed by atoms with Crippen LogP contribution in [-0.2, 0) is 20.9 Å². The summed E-state index contributed by atoms with van der Waals surface area (Å²) in [6.45, 7) is 11.4. The highest BCUT2D eigenvalue weighted by atomic mass is 32.1. The van der Waals surface area contributed by atoms with Gasteiger partial charge in [0.1, 0.15) is 12.1 Å². The third kappa shape index (κ3) is 8.54. The molecule has 2 amide bonds. The zero-order valence-corrected chi connectivity index (χ0v) is 29.5. The van der Waals surface area contributed by atoms with Crippen LogP contribution in [0, 0.1) is 0 Å². The van der Waals surface area contributed by atoms with E-state index in [2.05, 4.69) is 59.5 Å². The first-order valence-electron chi connectivity index (χ1n) is 17.8. The smallest absolute Gasteiger partial charge is 0.288 e. The summed E-state index contributed by atoms with van der Waals surface area (Å²) >= 11 is 1.65. The lowest BCUT2D eigenvalue weighted by Gasteiger charge is -2.42. The molecular formula is C37H51N7O3S. The number of nitrogens with zero attached hydrogens (tertiary/aromatic N) is 5. The summed E-state index contributed by atoms with van der Waals surface area (Å²) in [5.74, 6) is -0.164. The molecule has 3 aromatic rings. The van der Waals surface area contributed by atoms with Crippen LogP contribution in [0.4, 0.5) is 0 Å². The third-order valence-corrected chi connectivity index (χ3v) is 10.8. The van der Waals surface area contributed by atoms with Crippen molar-refractivity contribution in [1.82, 2.24) is 30.3 Å². The van der Waals surface area contributed by atoms with Crippen LogP contribution in [0.2, 0.25) is 0 Å². The second-order valence-electron chi connectivity index (χ2n) is 13.7. The van der Waals surface area contributed by atoms with Gasteiger partial charge in [-0.15, -0.1) is 11.3 Å². The summed E-state index contributed by atoms with van der Waals surface area (Å²) in [6.07, 6.45) is 10.1. The molecule has 2 saturated heterocycles. The number of rotatable bonds is 12. The van der Waals surface area contributed by atoms with E-state index in [1.165, 1.54) is 32.4 Å². The molecular weight excluding hydrogens is 623 g/mol. The van der Waals surface area contributed by atoms with Gasteiger partial charge in [0, 0.05) is 46.5 Å². The molecule has 2 N–H and O–H groups in total. The number of piperazine rings is 1. The van der Waals surface area contributed by atoms with Crippen molar-refractivity contribution < 1.29 is 14.3 Å². The SMILES string of the molecule is CC(C)NC(CCCCN1CCCCC1)C(=O)N1CCN(C2=N[C@@H](C)[C@H](c3ccccc3)O2)C[C@H]1C(=O)NCc1cc2cnccc2s1. The first-order valence-corrected chi connectivity index (χ1v) is 18.6. The van der Waals surface area contributed by atoms with Crippen LogP contribution >= 0.6 is 11.3 Å². The van der Waals surface area contributed by atoms with E-state index in [0.29, 0.717) is 32.2 Å². The number of benzene rings is 1. The van der Waals surface area contributed by atoms with Gasteiger partial charge in [0.15, 0.2) is 0 Å². The molecule has 4 atom stereocenters. The van der Waals surface area contributed by atoms with E-state index in [1.807, 2.05) is 35.4 Å². The number of piperidine rings is 1. The van der Waals surface area contributed by atoms with Gasteiger partial charge >= 0.3 is 0 Å². The lowest BCUT2D eigenvalue weighted by molar-refractivity contribution is -0.145. The van der Waals surface area contributed by atoms with Crippen LogP contribution in [0.15, 0.2) is 59.9 Å². The van der Waals surface area contributed by atoms with Gasteiger partial charge in [-0.25, -0.2) is 4.99 Å². The molecule has 0 radical (unpaired) electrons. The van der Waals surface area contributed by atoms with Crippen molar-refractivity contribution in [1.29, 1.82) is 0 Å². The summed E-state index contributed by atoms with van der Waals surface area (Å²) in [7, 11) is 0. The molecule has 0 spiro atoms. The van der Waals surface area contributed by atoms with E-state index in [1.54, 1.807) is 22.4 Å². The molecule has 48 heavy (non-hydrogen) atoms. The number of carbonyl (C=O) groups excluding carboxylic acids is 2. The van der Waals surface area contributed by atoms with Crippen molar-refractivity contribution in [2.24, 2.45) is 4.99 Å². The second-order valence-corrected chi connectivity index (χ2v) is 14.9. The summed E-state index contributed by atoms with van der Waals surface area (Å²) < 4.78 is 7.56. The Morgan fingerprint density at radius 1 is 1.04 bits per heavy atom. The Bertz CT molecular complexity index is 1510. The Morgan fingerprint density at radius 2 is 1.85 bits per heavy atom. The molecule has 3 aliphatic heterocycles. The van der Waals surface area contributed by atoms with Gasteiger partial charge in [0.2, 0.25) is 11.8 Å². The Morgan fingerprint density at radius 3 is 2.62 bits per heavy atom. The average molecular weight is 674 g/mol. The third-order valence-electron chi connectivity index (χ3n) is 9.65. The standard InChI is InChI=1S/C37H51N7O3S/c1-26(2)40-31(14-8-11-19-42-17-9-5-10-18-42)36(46)44-21-20-43(37-41-27(3)34(47-37)28-12-6-4-7-13-28)25-32(44)35(45)39-24-30-22-29-23-38-16-15-33(29)48-30/h4,6-7,12-13,15-16,22-23,26-27,31-32,34,40H,5,8-11,14,17-21,24-25H2,1-3H3,(H,39,45)/t27-,31?,32-,34+/m0/s1. The summed E-state index contributed by atoms with van der Waals surface area (Å²) in [6, 6.07) is 13.8. The Hall–Kier alpha value is -3.54. The highest BCUT2D eigenvalue weighted by molar-refractivity contribution is 7.19. The van der Waals surface area contributed by atoms with E-state index in [-0.39, 0.29) is 36.0 Å². The number of aromatic nitrogens is 1. The van der Waals surface area contributed by atoms with Gasteiger partial charge in [0.05, 0.1) is 25.2 Å². The normalized spacial score (nSPS) is 22.5. The molecule has 0 aliphatic carbocycles. The van der Waals surface area contributed by atoms with Gasteiger partial charge in [-0.05, 0) is 69.9 Å². The number of likely N-dealkylation sites (tertiary alicyclic amines) is 1. The molecule has 2 fully saturated rings. The van der Waals surface area contributed by atoms with E-state index in [4.69, 9.17) is 9.73 Å². The molecule has 10 nitrogen and oxygen atoms in total. The highest BCUT2D eigenvalue weighted by Crippen LogP contribution is 2.31. The van der Waals surface area contributed by atoms with Gasteiger partial charge < -0.3 is 30.1 Å². The average Bonchev–Trinajstić information content (AvgIpc) is 3.72. The molecule has 6 rings (SSSR count). The number of amidine groups is 1. The maximum atomic E-state index is 14.3. The first kappa shape index (κ1) is 34.3. The molecule has 1 unspecified atom stereocenters. The van der Waals surface area contributed by atoms with E-state index in [0.717, 1.165) is 46.3 Å². The monoisotopic (exact) mass is 673 g/mol. The zero-order valence-electron chi connectivity index (χ0n) is 28.6. The van der Waals surface area contributed by atoms with Crippen LogP contribution in [0.1, 0.15) is 75.8 Å². The fraction of sp³-hybridized carbons (Fsp3) is 0.568. The molecule has 0 bridgehead atoms. The molecule has 3 aliphatic rings. The number of aliphatic imine (C=N–C) groups is 1. The fourth-order valence-corrected chi connectivity index (χ4v) is 8.11. The van der Waals surface area contributed by atoms with Crippen LogP contribution in [0.25, 0.3) is 10.1 Å². The number of nitrogens with one attached hydrogen (secondary N) is 2. The number of unbranched alkanes of at least 4 members (excludes halogenated alkanes) is 1. The number of fused-ring (bicyclic) bond motifs is 1. The Labute approximate surface area is 288 Å². The predicted molar refractivity (Wildman–Crippen MR) is 192 cm³/mol. The Balaban J connectivity index is 1.15. The number of ether oxygens (including phenoxy) is 1. The minimum Gasteiger partial charge on any atom is -0.455 e. The van der Waals surface area contributed by atoms with Crippen molar-refractivity contribution in [2.45, 2.75) is 96.1 Å².